The minimum atomic E-state index is -0.255. The van der Waals surface area contributed by atoms with Gasteiger partial charge in [-0.2, -0.15) is 0 Å². The van der Waals surface area contributed by atoms with E-state index in [1.165, 1.54) is 12.5 Å². The van der Waals surface area contributed by atoms with Crippen LogP contribution in [0.5, 0.6) is 0 Å². The smallest absolute Gasteiger partial charge is 0.257 e. The highest BCUT2D eigenvalue weighted by Crippen LogP contribution is 2.27. The van der Waals surface area contributed by atoms with Gasteiger partial charge in [0.25, 0.3) is 5.91 Å². The van der Waals surface area contributed by atoms with Crippen molar-refractivity contribution in [3.63, 3.8) is 0 Å². The lowest BCUT2D eigenvalue weighted by molar-refractivity contribution is -0.121. The second kappa shape index (κ2) is 7.40. The minimum absolute atomic E-state index is 0.108. The quantitative estimate of drug-likeness (QED) is 0.824. The molecule has 1 atom stereocenters. The summed E-state index contributed by atoms with van der Waals surface area (Å²) in [5.74, 6) is -0.485. The summed E-state index contributed by atoms with van der Waals surface area (Å²) in [4.78, 5) is 26.6. The number of hydrogen-bond donors (Lipinski definition) is 1. The molecule has 2 heterocycles. The van der Waals surface area contributed by atoms with E-state index in [1.54, 1.807) is 23.1 Å². The molecule has 1 aromatic heterocycles. The first-order valence-corrected chi connectivity index (χ1v) is 8.79. The zero-order valence-electron chi connectivity index (χ0n) is 12.8. The highest BCUT2D eigenvalue weighted by atomic mass is 79.9. The van der Waals surface area contributed by atoms with E-state index in [4.69, 9.17) is 16.0 Å². The van der Waals surface area contributed by atoms with E-state index < -0.39 is 0 Å². The number of furan rings is 1. The third-order valence-electron chi connectivity index (χ3n) is 4.04. The van der Waals surface area contributed by atoms with Gasteiger partial charge < -0.3 is 14.6 Å². The number of nitrogens with one attached hydrogen (secondary N) is 1. The van der Waals surface area contributed by atoms with Crippen LogP contribution in [0, 0.1) is 5.92 Å². The molecule has 3 rings (SSSR count). The summed E-state index contributed by atoms with van der Waals surface area (Å²) < 4.78 is 5.80. The van der Waals surface area contributed by atoms with Crippen molar-refractivity contribution >= 4 is 45.0 Å². The molecule has 2 aromatic rings. The molecule has 0 aliphatic carbocycles. The van der Waals surface area contributed by atoms with Gasteiger partial charge in [-0.3, -0.25) is 9.59 Å². The molecule has 7 heteroatoms. The second-order valence-corrected chi connectivity index (χ2v) is 7.04. The Hall–Kier alpha value is -1.79. The molecule has 5 nitrogen and oxygen atoms in total. The van der Waals surface area contributed by atoms with Gasteiger partial charge >= 0.3 is 0 Å². The molecule has 0 spiro atoms. The number of anilines is 1. The predicted molar refractivity (Wildman–Crippen MR) is 95.1 cm³/mol. The molecule has 1 aliphatic rings. The van der Waals surface area contributed by atoms with Crippen LogP contribution in [0.2, 0.25) is 5.02 Å². The van der Waals surface area contributed by atoms with Gasteiger partial charge in [0.05, 0.1) is 28.5 Å². The molecule has 126 valence electrons. The molecule has 24 heavy (non-hydrogen) atoms. The fourth-order valence-corrected chi connectivity index (χ4v) is 3.49. The van der Waals surface area contributed by atoms with Crippen LogP contribution in [0.3, 0.4) is 0 Å². The van der Waals surface area contributed by atoms with E-state index in [0.717, 1.165) is 17.3 Å². The van der Waals surface area contributed by atoms with Crippen LogP contribution in [-0.2, 0) is 4.79 Å². The van der Waals surface area contributed by atoms with Crippen LogP contribution in [-0.4, -0.2) is 29.8 Å². The summed E-state index contributed by atoms with van der Waals surface area (Å²) in [6.07, 6.45) is 4.43. The Morgan fingerprint density at radius 3 is 2.88 bits per heavy atom. The molecule has 1 N–H and O–H groups in total. The zero-order valence-corrected chi connectivity index (χ0v) is 15.1. The van der Waals surface area contributed by atoms with Crippen molar-refractivity contribution in [2.24, 2.45) is 5.92 Å². The molecule has 1 unspecified atom stereocenters. The van der Waals surface area contributed by atoms with Gasteiger partial charge in [-0.15, -0.1) is 0 Å². The number of rotatable bonds is 3. The lowest BCUT2D eigenvalue weighted by Gasteiger charge is -2.31. The van der Waals surface area contributed by atoms with Gasteiger partial charge in [0.2, 0.25) is 5.91 Å². The highest BCUT2D eigenvalue weighted by molar-refractivity contribution is 9.10. The summed E-state index contributed by atoms with van der Waals surface area (Å²) in [6.45, 7) is 1.04. The maximum atomic E-state index is 12.5. The molecule has 1 saturated heterocycles. The molecule has 1 aliphatic heterocycles. The van der Waals surface area contributed by atoms with Gasteiger partial charge in [-0.1, -0.05) is 27.5 Å². The SMILES string of the molecule is O=C(Nc1ccc(Br)cc1Cl)C1CCCN(C(=O)c2ccoc2)C1. The van der Waals surface area contributed by atoms with Gasteiger partial charge in [0.15, 0.2) is 0 Å². The van der Waals surface area contributed by atoms with E-state index in [1.807, 2.05) is 6.07 Å². The minimum Gasteiger partial charge on any atom is -0.472 e. The Kier molecular flexibility index (Phi) is 5.26. The van der Waals surface area contributed by atoms with E-state index >= 15 is 0 Å². The largest absolute Gasteiger partial charge is 0.472 e. The van der Waals surface area contributed by atoms with E-state index in [-0.39, 0.29) is 17.7 Å². The van der Waals surface area contributed by atoms with Crippen molar-refractivity contribution in [1.29, 1.82) is 0 Å². The van der Waals surface area contributed by atoms with Crippen LogP contribution in [0.15, 0.2) is 45.7 Å². The lowest BCUT2D eigenvalue weighted by Crippen LogP contribution is -2.43. The number of piperidine rings is 1. The number of hydrogen-bond acceptors (Lipinski definition) is 3. The van der Waals surface area contributed by atoms with Gasteiger partial charge in [-0.05, 0) is 37.1 Å². The van der Waals surface area contributed by atoms with Crippen LogP contribution >= 0.6 is 27.5 Å². The molecule has 2 amide bonds. The number of nitrogens with zero attached hydrogens (tertiary/aromatic N) is 1. The molecule has 0 bridgehead atoms. The van der Waals surface area contributed by atoms with Crippen molar-refractivity contribution in [3.8, 4) is 0 Å². The number of halogens is 2. The molecule has 0 radical (unpaired) electrons. The Labute approximate surface area is 153 Å². The van der Waals surface area contributed by atoms with E-state index in [2.05, 4.69) is 21.2 Å². The maximum Gasteiger partial charge on any atom is 0.257 e. The van der Waals surface area contributed by atoms with Crippen LogP contribution in [0.25, 0.3) is 0 Å². The number of likely N-dealkylation sites (tertiary alicyclic amines) is 1. The first kappa shape index (κ1) is 17.0. The Morgan fingerprint density at radius 2 is 2.17 bits per heavy atom. The Bertz CT molecular complexity index is 748. The average Bonchev–Trinajstić information content (AvgIpc) is 3.11. The summed E-state index contributed by atoms with van der Waals surface area (Å²) in [5, 5.41) is 3.33. The standard InChI is InChI=1S/C17H16BrClN2O3/c18-13-3-4-15(14(19)8-13)20-16(22)11-2-1-6-21(9-11)17(23)12-5-7-24-10-12/h3-5,7-8,10-11H,1-2,6,9H2,(H,20,22). The number of carbonyl (C=O) groups excluding carboxylic acids is 2. The number of benzene rings is 1. The summed E-state index contributed by atoms with van der Waals surface area (Å²) >= 11 is 9.47. The maximum absolute atomic E-state index is 12.5. The van der Waals surface area contributed by atoms with E-state index in [9.17, 15) is 9.59 Å². The third-order valence-corrected chi connectivity index (χ3v) is 4.84. The zero-order chi connectivity index (χ0) is 17.1. The molecule has 1 aromatic carbocycles. The van der Waals surface area contributed by atoms with Crippen molar-refractivity contribution in [2.75, 3.05) is 18.4 Å². The van der Waals surface area contributed by atoms with Crippen molar-refractivity contribution in [2.45, 2.75) is 12.8 Å². The summed E-state index contributed by atoms with van der Waals surface area (Å²) in [7, 11) is 0. The first-order valence-electron chi connectivity index (χ1n) is 7.62. The topological polar surface area (TPSA) is 62.6 Å². The van der Waals surface area contributed by atoms with Gasteiger partial charge in [0, 0.05) is 17.6 Å². The number of amides is 2. The van der Waals surface area contributed by atoms with Gasteiger partial charge in [0.1, 0.15) is 6.26 Å². The Balaban J connectivity index is 1.65. The van der Waals surface area contributed by atoms with Crippen LogP contribution < -0.4 is 5.32 Å². The highest BCUT2D eigenvalue weighted by Gasteiger charge is 2.29. The fourth-order valence-electron chi connectivity index (χ4n) is 2.77. The van der Waals surface area contributed by atoms with Crippen molar-refractivity contribution in [1.82, 2.24) is 4.90 Å². The monoisotopic (exact) mass is 410 g/mol. The predicted octanol–water partition coefficient (Wildman–Crippen LogP) is 4.19. The second-order valence-electron chi connectivity index (χ2n) is 5.72. The summed E-state index contributed by atoms with van der Waals surface area (Å²) in [5.41, 5.74) is 1.08. The average molecular weight is 412 g/mol. The van der Waals surface area contributed by atoms with Crippen molar-refractivity contribution in [3.05, 3.63) is 51.9 Å². The van der Waals surface area contributed by atoms with Crippen molar-refractivity contribution < 1.29 is 14.0 Å². The molecular formula is C17H16BrClN2O3. The molecule has 0 saturated carbocycles. The molecular weight excluding hydrogens is 396 g/mol. The normalized spacial score (nSPS) is 17.6. The van der Waals surface area contributed by atoms with E-state index in [0.29, 0.717) is 29.4 Å². The molecule has 1 fully saturated rings. The lowest BCUT2D eigenvalue weighted by atomic mass is 9.96. The van der Waals surface area contributed by atoms with Gasteiger partial charge in [-0.25, -0.2) is 0 Å². The summed E-state index contributed by atoms with van der Waals surface area (Å²) in [6, 6.07) is 6.93. The third kappa shape index (κ3) is 3.82. The van der Waals surface area contributed by atoms with Crippen LogP contribution in [0.4, 0.5) is 5.69 Å². The first-order chi connectivity index (χ1) is 11.5. The van der Waals surface area contributed by atoms with Crippen LogP contribution in [0.1, 0.15) is 23.2 Å². The number of carbonyl (C=O) groups is 2. The Morgan fingerprint density at radius 1 is 1.33 bits per heavy atom. The fraction of sp³-hybridized carbons (Fsp3) is 0.294.